The molecule has 0 radical (unpaired) electrons. The molecule has 5 rings (SSSR count). The monoisotopic (exact) mass is 601 g/mol. The van der Waals surface area contributed by atoms with Crippen molar-refractivity contribution in [1.82, 2.24) is 0 Å². The van der Waals surface area contributed by atoms with E-state index in [2.05, 4.69) is 45.9 Å². The number of carbonyl (C=O) groups is 1. The fourth-order valence-corrected chi connectivity index (χ4v) is 7.27. The third kappa shape index (κ3) is 5.54. The fourth-order valence-electron chi connectivity index (χ4n) is 6.01. The van der Waals surface area contributed by atoms with Crippen LogP contribution in [0.25, 0.3) is 0 Å². The summed E-state index contributed by atoms with van der Waals surface area (Å²) in [5, 5.41) is 11.9. The zero-order valence-electron chi connectivity index (χ0n) is 23.9. The van der Waals surface area contributed by atoms with E-state index in [1.807, 2.05) is 54.3 Å². The van der Waals surface area contributed by atoms with Gasteiger partial charge in [0.15, 0.2) is 5.78 Å². The molecule has 1 aliphatic carbocycles. The van der Waals surface area contributed by atoms with Crippen molar-refractivity contribution in [1.29, 1.82) is 5.26 Å². The summed E-state index contributed by atoms with van der Waals surface area (Å²) >= 11 is 14.3. The number of allylic oxidation sites excluding steroid dienone is 3. The number of halogens is 2. The summed E-state index contributed by atoms with van der Waals surface area (Å²) in [5.41, 5.74) is 14.5. The van der Waals surface area contributed by atoms with E-state index in [0.717, 1.165) is 44.3 Å². The first-order valence-corrected chi connectivity index (χ1v) is 15.4. The molecular weight excluding hydrogens is 569 g/mol. The lowest BCUT2D eigenvalue weighted by atomic mass is 9.68. The van der Waals surface area contributed by atoms with Gasteiger partial charge in [-0.25, -0.2) is 0 Å². The molecule has 3 aromatic rings. The van der Waals surface area contributed by atoms with Crippen LogP contribution >= 0.6 is 35.0 Å². The average Bonchev–Trinajstić information content (AvgIpc) is 2.90. The van der Waals surface area contributed by atoms with Crippen molar-refractivity contribution in [2.45, 2.75) is 64.0 Å². The van der Waals surface area contributed by atoms with Crippen LogP contribution in [-0.2, 0) is 10.5 Å². The van der Waals surface area contributed by atoms with Gasteiger partial charge in [-0.3, -0.25) is 9.69 Å². The number of thioether (sulfide) groups is 1. The summed E-state index contributed by atoms with van der Waals surface area (Å²) in [5.74, 6) is 0.622. The first-order valence-electron chi connectivity index (χ1n) is 13.6. The molecule has 4 nitrogen and oxygen atoms in total. The minimum Gasteiger partial charge on any atom is -0.384 e. The maximum atomic E-state index is 14.0. The fraction of sp³-hybridized carbons (Fsp3) is 0.294. The normalized spacial score (nSPS) is 18.4. The van der Waals surface area contributed by atoms with E-state index >= 15 is 0 Å². The maximum Gasteiger partial charge on any atom is 0.162 e. The molecule has 0 spiro atoms. The largest absolute Gasteiger partial charge is 0.384 e. The van der Waals surface area contributed by atoms with Crippen molar-refractivity contribution in [3.05, 3.63) is 115 Å². The summed E-state index contributed by atoms with van der Waals surface area (Å²) < 4.78 is 0. The van der Waals surface area contributed by atoms with Crippen molar-refractivity contribution in [3.63, 3.8) is 0 Å². The number of Topliss-reactive ketones (excluding diaryl/α,β-unsaturated/α-hetero) is 1. The van der Waals surface area contributed by atoms with Crippen molar-refractivity contribution in [3.8, 4) is 6.07 Å². The Kier molecular flexibility index (Phi) is 8.05. The third-order valence-electron chi connectivity index (χ3n) is 8.10. The van der Waals surface area contributed by atoms with Gasteiger partial charge in [-0.1, -0.05) is 55.2 Å². The molecule has 0 fully saturated rings. The maximum absolute atomic E-state index is 14.0. The van der Waals surface area contributed by atoms with Crippen molar-refractivity contribution >= 4 is 46.4 Å². The van der Waals surface area contributed by atoms with E-state index in [0.29, 0.717) is 39.9 Å². The standard InChI is InChI=1S/C34H33Cl2N3OS/c1-19-13-20(2)25(14-22(19)18-41-24-11-9-23(35)10-12-24)31-26(17-37)33(38)39(28-8-6-7-27(36)21(28)3)29-15-34(4,5)16-30(40)32(29)31/h6-14,31H,15-16,18,38H2,1-5H3. The van der Waals surface area contributed by atoms with E-state index in [1.165, 1.54) is 5.56 Å². The molecule has 2 N–H and O–H groups in total. The van der Waals surface area contributed by atoms with Crippen LogP contribution in [0.4, 0.5) is 5.69 Å². The van der Waals surface area contributed by atoms with Gasteiger partial charge < -0.3 is 5.73 Å². The Morgan fingerprint density at radius 3 is 2.44 bits per heavy atom. The van der Waals surface area contributed by atoms with Gasteiger partial charge in [-0.2, -0.15) is 5.26 Å². The van der Waals surface area contributed by atoms with E-state index in [4.69, 9.17) is 28.9 Å². The minimum absolute atomic E-state index is 0.0586. The topological polar surface area (TPSA) is 70.1 Å². The molecule has 0 aromatic heterocycles. The molecule has 41 heavy (non-hydrogen) atoms. The zero-order valence-corrected chi connectivity index (χ0v) is 26.3. The summed E-state index contributed by atoms with van der Waals surface area (Å²) in [6, 6.07) is 20.2. The Morgan fingerprint density at radius 2 is 1.76 bits per heavy atom. The number of nitrogens with two attached hydrogens (primary N) is 1. The van der Waals surface area contributed by atoms with E-state index in [-0.39, 0.29) is 11.2 Å². The molecule has 3 aromatic carbocycles. The zero-order chi connectivity index (χ0) is 29.6. The number of hydrogen-bond acceptors (Lipinski definition) is 5. The second kappa shape index (κ2) is 11.2. The van der Waals surface area contributed by atoms with Gasteiger partial charge in [0, 0.05) is 38.4 Å². The van der Waals surface area contributed by atoms with E-state index < -0.39 is 5.92 Å². The summed E-state index contributed by atoms with van der Waals surface area (Å²) in [6.45, 7) is 10.3. The average molecular weight is 603 g/mol. The lowest BCUT2D eigenvalue weighted by molar-refractivity contribution is -0.118. The molecule has 1 atom stereocenters. The molecular formula is C34H33Cl2N3OS. The Bertz CT molecular complexity index is 1660. The van der Waals surface area contributed by atoms with Crippen LogP contribution < -0.4 is 10.6 Å². The number of hydrogen-bond donors (Lipinski definition) is 1. The molecule has 0 amide bonds. The smallest absolute Gasteiger partial charge is 0.162 e. The molecule has 7 heteroatoms. The summed E-state index contributed by atoms with van der Waals surface area (Å²) in [4.78, 5) is 17.1. The molecule has 2 aliphatic rings. The van der Waals surface area contributed by atoms with Crippen molar-refractivity contribution < 1.29 is 4.79 Å². The van der Waals surface area contributed by atoms with Gasteiger partial charge in [0.05, 0.1) is 23.2 Å². The van der Waals surface area contributed by atoms with Gasteiger partial charge in [0.25, 0.3) is 0 Å². The molecule has 1 unspecified atom stereocenters. The van der Waals surface area contributed by atoms with Gasteiger partial charge in [-0.15, -0.1) is 11.8 Å². The highest BCUT2D eigenvalue weighted by atomic mass is 35.5. The van der Waals surface area contributed by atoms with E-state index in [9.17, 15) is 10.1 Å². The van der Waals surface area contributed by atoms with Crippen molar-refractivity contribution in [2.75, 3.05) is 4.90 Å². The third-order valence-corrected chi connectivity index (χ3v) is 9.83. The predicted molar refractivity (Wildman–Crippen MR) is 170 cm³/mol. The first-order chi connectivity index (χ1) is 19.4. The highest BCUT2D eigenvalue weighted by Gasteiger charge is 2.45. The highest BCUT2D eigenvalue weighted by Crippen LogP contribution is 2.51. The molecule has 210 valence electrons. The molecule has 1 heterocycles. The van der Waals surface area contributed by atoms with Crippen molar-refractivity contribution in [2.24, 2.45) is 11.1 Å². The molecule has 0 bridgehead atoms. The second-order valence-corrected chi connectivity index (χ2v) is 13.6. The van der Waals surface area contributed by atoms with Crippen LogP contribution in [0.5, 0.6) is 0 Å². The Hall–Kier alpha value is -3.17. The summed E-state index contributed by atoms with van der Waals surface area (Å²) in [7, 11) is 0. The number of rotatable bonds is 5. The lowest BCUT2D eigenvalue weighted by Crippen LogP contribution is -2.42. The van der Waals surface area contributed by atoms with Gasteiger partial charge in [-0.05, 0) is 96.8 Å². The molecule has 1 aliphatic heterocycles. The minimum atomic E-state index is -0.533. The Labute approximate surface area is 256 Å². The second-order valence-electron chi connectivity index (χ2n) is 11.7. The van der Waals surface area contributed by atoms with Crippen LogP contribution in [0.2, 0.25) is 10.0 Å². The quantitative estimate of drug-likeness (QED) is 0.295. The number of nitriles is 1. The molecule has 0 saturated heterocycles. The number of benzene rings is 3. The van der Waals surface area contributed by atoms with Crippen LogP contribution in [0.3, 0.4) is 0 Å². The molecule has 0 saturated carbocycles. The number of nitrogens with zero attached hydrogens (tertiary/aromatic N) is 2. The SMILES string of the molecule is Cc1cc(C)c(C2C(C#N)=C(N)N(c3cccc(Cl)c3C)C3=C2C(=O)CC(C)(C)C3)cc1CSc1ccc(Cl)cc1. The van der Waals surface area contributed by atoms with Crippen LogP contribution in [0.15, 0.2) is 82.2 Å². The summed E-state index contributed by atoms with van der Waals surface area (Å²) in [6.07, 6.45) is 1.06. The van der Waals surface area contributed by atoms with Gasteiger partial charge in [0.2, 0.25) is 0 Å². The lowest BCUT2D eigenvalue weighted by Gasteiger charge is -2.44. The highest BCUT2D eigenvalue weighted by molar-refractivity contribution is 7.98. The van der Waals surface area contributed by atoms with E-state index in [1.54, 1.807) is 11.8 Å². The number of aryl methyl sites for hydroxylation is 2. The van der Waals surface area contributed by atoms with Crippen LogP contribution in [0.1, 0.15) is 60.4 Å². The number of anilines is 1. The predicted octanol–water partition coefficient (Wildman–Crippen LogP) is 9.15. The Balaban J connectivity index is 1.68. The van der Waals surface area contributed by atoms with Gasteiger partial charge in [0.1, 0.15) is 5.82 Å². The first kappa shape index (κ1) is 29.3. The number of carbonyl (C=O) groups excluding carboxylic acids is 1. The van der Waals surface area contributed by atoms with Gasteiger partial charge >= 0.3 is 0 Å². The Morgan fingerprint density at radius 1 is 1.05 bits per heavy atom. The van der Waals surface area contributed by atoms with Crippen LogP contribution in [-0.4, -0.2) is 5.78 Å². The van der Waals surface area contributed by atoms with Crippen LogP contribution in [0, 0.1) is 37.5 Å². The number of ketones is 1.